The highest BCUT2D eigenvalue weighted by atomic mass is 32.2. The zero-order chi connectivity index (χ0) is 19.4. The van der Waals surface area contributed by atoms with Gasteiger partial charge in [-0.2, -0.15) is 0 Å². The van der Waals surface area contributed by atoms with Gasteiger partial charge in [0.25, 0.3) is 0 Å². The number of nitrogens with one attached hydrogen (secondary N) is 1. The second kappa shape index (κ2) is 8.57. The van der Waals surface area contributed by atoms with Gasteiger partial charge in [0.05, 0.1) is 4.90 Å². The summed E-state index contributed by atoms with van der Waals surface area (Å²) in [6.45, 7) is 1.94. The number of sulfonamides is 1. The molecule has 148 valence electrons. The lowest BCUT2D eigenvalue weighted by molar-refractivity contribution is -0.137. The van der Waals surface area contributed by atoms with Crippen LogP contribution in [0.5, 0.6) is 0 Å². The van der Waals surface area contributed by atoms with E-state index in [-0.39, 0.29) is 12.5 Å². The van der Waals surface area contributed by atoms with Gasteiger partial charge < -0.3 is 5.11 Å². The summed E-state index contributed by atoms with van der Waals surface area (Å²) < 4.78 is 28.5. The van der Waals surface area contributed by atoms with Gasteiger partial charge >= 0.3 is 5.97 Å². The van der Waals surface area contributed by atoms with Crippen LogP contribution in [0.1, 0.15) is 50.5 Å². The molecule has 6 heteroatoms. The van der Waals surface area contributed by atoms with Crippen molar-refractivity contribution in [2.75, 3.05) is 0 Å². The topological polar surface area (TPSA) is 83.5 Å². The van der Waals surface area contributed by atoms with Crippen molar-refractivity contribution < 1.29 is 18.3 Å². The number of benzene rings is 1. The second-order valence-electron chi connectivity index (χ2n) is 8.00. The lowest BCUT2D eigenvalue weighted by Crippen LogP contribution is -2.50. The number of carboxylic acid groups (broad SMARTS) is 1. The Hall–Kier alpha value is -1.66. The number of carboxylic acids is 1. The molecule has 0 radical (unpaired) electrons. The molecule has 4 atom stereocenters. The molecule has 0 heterocycles. The van der Waals surface area contributed by atoms with E-state index in [1.165, 1.54) is 6.42 Å². The number of allylic oxidation sites excluding steroid dienone is 2. The molecule has 0 amide bonds. The Labute approximate surface area is 161 Å². The molecule has 1 aromatic rings. The Balaban J connectivity index is 1.63. The van der Waals surface area contributed by atoms with Crippen LogP contribution in [0.15, 0.2) is 41.3 Å². The lowest BCUT2D eigenvalue weighted by atomic mass is 9.62. The standard InChI is InChI=1S/C21H29NO4S/c1-15-7-10-18(11-8-15)27(25,26)22-20-14-16-9-12-19(20)17(13-16)5-3-2-4-6-21(23)24/h3,5,7-8,10-11,16-17,19-20,22H,2,4,6,9,12-14H2,1H3,(H,23,24)/b5-3+. The van der Waals surface area contributed by atoms with Crippen molar-refractivity contribution in [3.05, 3.63) is 42.0 Å². The molecule has 2 bridgehead atoms. The maximum atomic E-state index is 12.8. The number of aliphatic carboxylic acids is 1. The van der Waals surface area contributed by atoms with E-state index in [2.05, 4.69) is 16.9 Å². The fourth-order valence-electron chi connectivity index (χ4n) is 4.55. The third-order valence-electron chi connectivity index (χ3n) is 5.95. The van der Waals surface area contributed by atoms with Crippen LogP contribution in [0, 0.1) is 24.7 Å². The van der Waals surface area contributed by atoms with Crippen molar-refractivity contribution in [1.82, 2.24) is 4.72 Å². The highest BCUT2D eigenvalue weighted by Crippen LogP contribution is 2.46. The number of unbranched alkanes of at least 4 members (excludes halogenated alkanes) is 1. The third kappa shape index (κ3) is 5.20. The average molecular weight is 392 g/mol. The highest BCUT2D eigenvalue weighted by molar-refractivity contribution is 7.89. The summed E-state index contributed by atoms with van der Waals surface area (Å²) in [5, 5.41) is 8.71. The lowest BCUT2D eigenvalue weighted by Gasteiger charge is -2.46. The summed E-state index contributed by atoms with van der Waals surface area (Å²) in [6.07, 6.45) is 10.1. The van der Waals surface area contributed by atoms with Crippen LogP contribution in [0.4, 0.5) is 0 Å². The molecule has 4 rings (SSSR count). The van der Waals surface area contributed by atoms with Gasteiger partial charge in [0.1, 0.15) is 0 Å². The van der Waals surface area contributed by atoms with Gasteiger partial charge in [-0.1, -0.05) is 36.3 Å². The first-order valence-corrected chi connectivity index (χ1v) is 11.3. The van der Waals surface area contributed by atoms with Crippen LogP contribution in [-0.2, 0) is 14.8 Å². The fourth-order valence-corrected chi connectivity index (χ4v) is 5.85. The van der Waals surface area contributed by atoms with E-state index in [1.54, 1.807) is 12.1 Å². The maximum Gasteiger partial charge on any atom is 0.303 e. The van der Waals surface area contributed by atoms with E-state index in [0.29, 0.717) is 29.1 Å². The predicted molar refractivity (Wildman–Crippen MR) is 105 cm³/mol. The number of rotatable bonds is 8. The molecule has 3 aliphatic carbocycles. The summed E-state index contributed by atoms with van der Waals surface area (Å²) in [6, 6.07) is 6.96. The molecule has 0 saturated heterocycles. The zero-order valence-corrected chi connectivity index (χ0v) is 16.6. The molecular weight excluding hydrogens is 362 g/mol. The Morgan fingerprint density at radius 2 is 1.96 bits per heavy atom. The largest absolute Gasteiger partial charge is 0.481 e. The minimum absolute atomic E-state index is 0.0162. The molecule has 3 saturated carbocycles. The van der Waals surface area contributed by atoms with Crippen LogP contribution >= 0.6 is 0 Å². The van der Waals surface area contributed by atoms with Crippen molar-refractivity contribution in [3.63, 3.8) is 0 Å². The van der Waals surface area contributed by atoms with Gasteiger partial charge in [-0.25, -0.2) is 13.1 Å². The summed E-state index contributed by atoms with van der Waals surface area (Å²) in [5.74, 6) is 0.513. The minimum atomic E-state index is -3.50. The van der Waals surface area contributed by atoms with Gasteiger partial charge in [-0.15, -0.1) is 0 Å². The fraction of sp³-hybridized carbons (Fsp3) is 0.571. The Kier molecular flexibility index (Phi) is 6.37. The van der Waals surface area contributed by atoms with Crippen molar-refractivity contribution in [2.24, 2.45) is 17.8 Å². The SMILES string of the molecule is Cc1ccc(S(=O)(=O)NC2CC3CCC2C(/C=C/CCCC(=O)O)C3)cc1. The minimum Gasteiger partial charge on any atom is -0.481 e. The van der Waals surface area contributed by atoms with Gasteiger partial charge in [0, 0.05) is 12.5 Å². The van der Waals surface area contributed by atoms with E-state index in [1.807, 2.05) is 19.1 Å². The number of hydrogen-bond acceptors (Lipinski definition) is 3. The number of hydrogen-bond donors (Lipinski definition) is 2. The van der Waals surface area contributed by atoms with Gasteiger partial charge in [-0.3, -0.25) is 4.79 Å². The van der Waals surface area contributed by atoms with Crippen LogP contribution in [0.2, 0.25) is 0 Å². The first-order valence-electron chi connectivity index (χ1n) is 9.82. The van der Waals surface area contributed by atoms with Crippen LogP contribution < -0.4 is 4.72 Å². The monoisotopic (exact) mass is 391 g/mol. The Morgan fingerprint density at radius 1 is 1.22 bits per heavy atom. The molecule has 27 heavy (non-hydrogen) atoms. The van der Waals surface area contributed by atoms with E-state index >= 15 is 0 Å². The zero-order valence-electron chi connectivity index (χ0n) is 15.8. The van der Waals surface area contributed by atoms with Crippen molar-refractivity contribution in [1.29, 1.82) is 0 Å². The van der Waals surface area contributed by atoms with E-state index < -0.39 is 16.0 Å². The van der Waals surface area contributed by atoms with Crippen molar-refractivity contribution in [2.45, 2.75) is 62.8 Å². The average Bonchev–Trinajstić information content (AvgIpc) is 2.61. The van der Waals surface area contributed by atoms with Crippen LogP contribution in [0.25, 0.3) is 0 Å². The molecule has 0 aromatic heterocycles. The molecule has 3 fully saturated rings. The van der Waals surface area contributed by atoms with Gasteiger partial charge in [-0.05, 0) is 68.9 Å². The third-order valence-corrected chi connectivity index (χ3v) is 7.46. The second-order valence-corrected chi connectivity index (χ2v) is 9.71. The molecular formula is C21H29NO4S. The summed E-state index contributed by atoms with van der Waals surface area (Å²) in [7, 11) is -3.50. The normalized spacial score (nSPS) is 27.9. The quantitative estimate of drug-likeness (QED) is 0.520. The molecule has 5 nitrogen and oxygen atoms in total. The summed E-state index contributed by atoms with van der Waals surface area (Å²) in [4.78, 5) is 10.9. The number of aryl methyl sites for hydroxylation is 1. The summed E-state index contributed by atoms with van der Waals surface area (Å²) >= 11 is 0. The molecule has 4 unspecified atom stereocenters. The summed E-state index contributed by atoms with van der Waals surface area (Å²) in [5.41, 5.74) is 1.04. The number of carbonyl (C=O) groups is 1. The first kappa shape index (κ1) is 20.1. The molecule has 0 spiro atoms. The Bertz CT molecular complexity index is 785. The molecule has 2 N–H and O–H groups in total. The van der Waals surface area contributed by atoms with Crippen molar-refractivity contribution in [3.8, 4) is 0 Å². The van der Waals surface area contributed by atoms with Crippen molar-refractivity contribution >= 4 is 16.0 Å². The van der Waals surface area contributed by atoms with E-state index in [4.69, 9.17) is 5.11 Å². The first-order chi connectivity index (χ1) is 12.8. The molecule has 0 aliphatic heterocycles. The molecule has 1 aromatic carbocycles. The van der Waals surface area contributed by atoms with Gasteiger partial charge in [0.15, 0.2) is 0 Å². The molecule has 3 aliphatic rings. The van der Waals surface area contributed by atoms with E-state index in [0.717, 1.165) is 31.2 Å². The highest BCUT2D eigenvalue weighted by Gasteiger charge is 2.42. The number of fused-ring (bicyclic) bond motifs is 3. The van der Waals surface area contributed by atoms with Gasteiger partial charge in [0.2, 0.25) is 10.0 Å². The van der Waals surface area contributed by atoms with Crippen LogP contribution in [-0.4, -0.2) is 25.5 Å². The predicted octanol–water partition coefficient (Wildman–Crippen LogP) is 3.89. The smallest absolute Gasteiger partial charge is 0.303 e. The maximum absolute atomic E-state index is 12.8. The van der Waals surface area contributed by atoms with Crippen LogP contribution in [0.3, 0.4) is 0 Å². The van der Waals surface area contributed by atoms with E-state index in [9.17, 15) is 13.2 Å². The Morgan fingerprint density at radius 3 is 2.63 bits per heavy atom.